The van der Waals surface area contributed by atoms with E-state index in [2.05, 4.69) is 43.0 Å². The Kier molecular flexibility index (Phi) is 5.11. The number of hydrogen-bond acceptors (Lipinski definition) is 2. The number of hydrogen-bond donors (Lipinski definition) is 0. The van der Waals surface area contributed by atoms with Gasteiger partial charge in [-0.15, -0.1) is 0 Å². The first-order valence-corrected chi connectivity index (χ1v) is 10.2. The number of benzene rings is 3. The summed E-state index contributed by atoms with van der Waals surface area (Å²) in [5.41, 5.74) is 0. The summed E-state index contributed by atoms with van der Waals surface area (Å²) in [6.07, 6.45) is 0. The van der Waals surface area contributed by atoms with Crippen molar-refractivity contribution in [3.8, 4) is 0 Å². The number of rotatable bonds is 5. The molecule has 0 aliphatic rings. The van der Waals surface area contributed by atoms with E-state index in [-0.39, 0.29) is 5.97 Å². The van der Waals surface area contributed by atoms with Gasteiger partial charge in [0.15, 0.2) is 0 Å². The molecule has 0 saturated heterocycles. The Morgan fingerprint density at radius 2 is 1.04 bits per heavy atom. The van der Waals surface area contributed by atoms with Crippen molar-refractivity contribution >= 4 is 29.1 Å². The average molecular weight is 348 g/mol. The number of esters is 1. The van der Waals surface area contributed by atoms with Crippen LogP contribution in [0.4, 0.5) is 0 Å². The summed E-state index contributed by atoms with van der Waals surface area (Å²) < 4.78 is 5.08. The Balaban J connectivity index is 2.40. The summed E-state index contributed by atoms with van der Waals surface area (Å²) in [5.74, 6) is -0.358. The first-order chi connectivity index (χ1) is 12.2. The number of carbonyl (C=O) groups is 1. The molecule has 0 fully saturated rings. The first-order valence-electron chi connectivity index (χ1n) is 8.15. The summed E-state index contributed by atoms with van der Waals surface area (Å²) in [6.45, 7) is 4.21. The minimum absolute atomic E-state index is 0.358. The van der Waals surface area contributed by atoms with Gasteiger partial charge in [0.05, 0.1) is 0 Å². The molecular formula is C22H21O2P. The van der Waals surface area contributed by atoms with Gasteiger partial charge in [0.1, 0.15) is 0 Å². The Labute approximate surface area is 149 Å². The van der Waals surface area contributed by atoms with Crippen LogP contribution in [0.5, 0.6) is 0 Å². The van der Waals surface area contributed by atoms with Crippen molar-refractivity contribution < 1.29 is 9.53 Å². The first kappa shape index (κ1) is 17.1. The standard InChI is InChI=1S/C22H21O2P/c1-18(22(23)24-2)25(19-12-6-3-7-13-19,20-14-8-4-9-15-20)21-16-10-5-11-17-21/h3-17,25H,1H2,2H3. The van der Waals surface area contributed by atoms with Crippen molar-refractivity contribution in [3.05, 3.63) is 103 Å². The molecule has 126 valence electrons. The van der Waals surface area contributed by atoms with Crippen LogP contribution in [0.15, 0.2) is 103 Å². The van der Waals surface area contributed by atoms with Crippen LogP contribution in [0.1, 0.15) is 0 Å². The van der Waals surface area contributed by atoms with Gasteiger partial charge in [0.2, 0.25) is 0 Å². The Hall–Kier alpha value is -2.70. The van der Waals surface area contributed by atoms with Gasteiger partial charge in [-0.05, 0) is 0 Å². The third kappa shape index (κ3) is 3.01. The van der Waals surface area contributed by atoms with Gasteiger partial charge in [-0.3, -0.25) is 0 Å². The Morgan fingerprint density at radius 3 is 1.32 bits per heavy atom. The van der Waals surface area contributed by atoms with Crippen molar-refractivity contribution in [2.45, 2.75) is 0 Å². The molecule has 0 atom stereocenters. The van der Waals surface area contributed by atoms with Crippen LogP contribution in [-0.4, -0.2) is 13.1 Å². The third-order valence-electron chi connectivity index (χ3n) is 4.50. The van der Waals surface area contributed by atoms with E-state index in [1.165, 1.54) is 7.11 Å². The van der Waals surface area contributed by atoms with Crippen molar-refractivity contribution in [1.29, 1.82) is 0 Å². The predicted molar refractivity (Wildman–Crippen MR) is 108 cm³/mol. The summed E-state index contributed by atoms with van der Waals surface area (Å²) in [7, 11) is -1.37. The van der Waals surface area contributed by atoms with Crippen molar-refractivity contribution in [1.82, 2.24) is 0 Å². The summed E-state index contributed by atoms with van der Waals surface area (Å²) in [5, 5.41) is 3.87. The average Bonchev–Trinajstić information content (AvgIpc) is 2.70. The van der Waals surface area contributed by atoms with Gasteiger partial charge in [-0.1, -0.05) is 0 Å². The molecule has 0 N–H and O–H groups in total. The van der Waals surface area contributed by atoms with Crippen molar-refractivity contribution in [2.75, 3.05) is 7.11 Å². The van der Waals surface area contributed by atoms with E-state index >= 15 is 0 Å². The predicted octanol–water partition coefficient (Wildman–Crippen LogP) is 3.40. The molecule has 0 aromatic heterocycles. The zero-order valence-electron chi connectivity index (χ0n) is 14.2. The van der Waals surface area contributed by atoms with Crippen LogP contribution in [-0.2, 0) is 9.53 Å². The molecule has 25 heavy (non-hydrogen) atoms. The van der Waals surface area contributed by atoms with E-state index in [4.69, 9.17) is 4.74 Å². The van der Waals surface area contributed by atoms with Gasteiger partial charge in [0, 0.05) is 0 Å². The Morgan fingerprint density at radius 1 is 0.720 bits per heavy atom. The van der Waals surface area contributed by atoms with E-state index in [0.717, 1.165) is 15.9 Å². The molecule has 0 saturated carbocycles. The molecule has 0 unspecified atom stereocenters. The molecular weight excluding hydrogens is 327 g/mol. The number of carbonyl (C=O) groups excluding carboxylic acids is 1. The van der Waals surface area contributed by atoms with E-state index in [1.807, 2.05) is 54.6 Å². The molecule has 0 aliphatic heterocycles. The second-order valence-electron chi connectivity index (χ2n) is 5.82. The second-order valence-corrected chi connectivity index (χ2v) is 9.65. The molecule has 3 heteroatoms. The van der Waals surface area contributed by atoms with Crippen LogP contribution >= 0.6 is 7.26 Å². The zero-order chi connectivity index (χ0) is 17.7. The van der Waals surface area contributed by atoms with Crippen LogP contribution in [0.25, 0.3) is 0 Å². The SMILES string of the molecule is C=C(C(=O)OC)[PH](c1ccccc1)(c1ccccc1)c1ccccc1. The summed E-state index contributed by atoms with van der Waals surface area (Å²) in [4.78, 5) is 12.6. The molecule has 0 radical (unpaired) electrons. The molecule has 3 rings (SSSR count). The fraction of sp³-hybridized carbons (Fsp3) is 0.0455. The molecule has 3 aromatic rings. The molecule has 3 aromatic carbocycles. The van der Waals surface area contributed by atoms with Crippen LogP contribution < -0.4 is 15.9 Å². The molecule has 0 spiro atoms. The maximum absolute atomic E-state index is 12.6. The van der Waals surface area contributed by atoms with E-state index in [1.54, 1.807) is 0 Å². The van der Waals surface area contributed by atoms with Gasteiger partial charge >= 0.3 is 149 Å². The molecule has 0 heterocycles. The van der Waals surface area contributed by atoms with E-state index in [0.29, 0.717) is 5.31 Å². The maximum atomic E-state index is 12.6. The quantitative estimate of drug-likeness (QED) is 0.401. The van der Waals surface area contributed by atoms with Crippen LogP contribution in [0.3, 0.4) is 0 Å². The summed E-state index contributed by atoms with van der Waals surface area (Å²) in [6, 6.07) is 30.5. The molecule has 0 bridgehead atoms. The zero-order valence-corrected chi connectivity index (χ0v) is 15.2. The van der Waals surface area contributed by atoms with Crippen LogP contribution in [0.2, 0.25) is 0 Å². The van der Waals surface area contributed by atoms with Crippen molar-refractivity contribution in [2.24, 2.45) is 0 Å². The molecule has 2 nitrogen and oxygen atoms in total. The van der Waals surface area contributed by atoms with E-state index in [9.17, 15) is 4.79 Å². The van der Waals surface area contributed by atoms with Crippen LogP contribution in [0, 0.1) is 0 Å². The number of ether oxygens (including phenoxy) is 1. The fourth-order valence-corrected chi connectivity index (χ4v) is 7.89. The topological polar surface area (TPSA) is 26.3 Å². The number of methoxy groups -OCH3 is 1. The normalized spacial score (nSPS) is 11.6. The van der Waals surface area contributed by atoms with Gasteiger partial charge < -0.3 is 0 Å². The van der Waals surface area contributed by atoms with Gasteiger partial charge in [-0.2, -0.15) is 0 Å². The second kappa shape index (κ2) is 7.46. The Bertz CT molecular complexity index is 762. The minimum atomic E-state index is -2.78. The monoisotopic (exact) mass is 348 g/mol. The van der Waals surface area contributed by atoms with Crippen molar-refractivity contribution in [3.63, 3.8) is 0 Å². The molecule has 0 aliphatic carbocycles. The molecule has 0 amide bonds. The fourth-order valence-electron chi connectivity index (χ4n) is 3.36. The van der Waals surface area contributed by atoms with E-state index < -0.39 is 7.26 Å². The third-order valence-corrected chi connectivity index (χ3v) is 9.21. The van der Waals surface area contributed by atoms with Gasteiger partial charge in [-0.25, -0.2) is 0 Å². The van der Waals surface area contributed by atoms with Gasteiger partial charge in [0.25, 0.3) is 0 Å². The summed E-state index contributed by atoms with van der Waals surface area (Å²) >= 11 is 0.